The summed E-state index contributed by atoms with van der Waals surface area (Å²) in [6.45, 7) is 0. The van der Waals surface area contributed by atoms with Crippen LogP contribution < -0.4 is 0 Å². The molecule has 0 atom stereocenters. The summed E-state index contributed by atoms with van der Waals surface area (Å²) in [7, 11) is 25.2. The Labute approximate surface area is 55.2 Å². The molecule has 0 heterocycles. The van der Waals surface area contributed by atoms with Gasteiger partial charge in [-0.2, -0.15) is 0 Å². The molecule has 0 saturated heterocycles. The molecule has 0 N–H and O–H groups in total. The van der Waals surface area contributed by atoms with Crippen LogP contribution in [-0.4, -0.2) is 0 Å². The molecule has 0 fully saturated rings. The summed E-state index contributed by atoms with van der Waals surface area (Å²) in [5.74, 6) is 0. The van der Waals surface area contributed by atoms with Gasteiger partial charge in [0.1, 0.15) is 0 Å². The molecule has 6 heavy (non-hydrogen) atoms. The summed E-state index contributed by atoms with van der Waals surface area (Å²) in [6.07, 6.45) is 0. The molecule has 0 saturated carbocycles. The van der Waals surface area contributed by atoms with Crippen molar-refractivity contribution in [3.05, 3.63) is 0 Å². The van der Waals surface area contributed by atoms with Crippen molar-refractivity contribution < 1.29 is 0 Å². The predicted molar refractivity (Wildman–Crippen MR) is 43.3 cm³/mol. The number of hydrogen-bond donors (Lipinski definition) is 0. The van der Waals surface area contributed by atoms with E-state index in [2.05, 4.69) is 0 Å². The molecule has 0 spiro atoms. The van der Waals surface area contributed by atoms with Crippen LogP contribution in [0.3, 0.4) is 0 Å². The summed E-state index contributed by atoms with van der Waals surface area (Å²) in [5, 5.41) is 0. The van der Waals surface area contributed by atoms with Gasteiger partial charge >= 0.3 is 55.9 Å². The first kappa shape index (κ1) is 8.18. The summed E-state index contributed by atoms with van der Waals surface area (Å²) < 4.78 is 0. The van der Waals surface area contributed by atoms with E-state index in [1.807, 2.05) is 0 Å². The Kier molecular flexibility index (Phi) is 2.52. The normalized spacial score (nSPS) is 19.2. The van der Waals surface area contributed by atoms with Gasteiger partial charge in [-0.3, -0.25) is 0 Å². The van der Waals surface area contributed by atoms with Gasteiger partial charge < -0.3 is 0 Å². The third kappa shape index (κ3) is 34.9. The Morgan fingerprint density at radius 1 is 0.667 bits per heavy atom. The fraction of sp³-hybridized carbons (Fsp3) is 0. The molecule has 0 rings (SSSR count). The van der Waals surface area contributed by atoms with Crippen molar-refractivity contribution in [1.29, 1.82) is 0 Å². The maximum absolute atomic E-state index is 5.03. The van der Waals surface area contributed by atoms with Gasteiger partial charge in [-0.15, -0.1) is 0 Å². The Bertz CT molecular complexity index is 37.1. The van der Waals surface area contributed by atoms with E-state index >= 15 is 0 Å². The summed E-state index contributed by atoms with van der Waals surface area (Å²) >= 11 is -4.18. The fourth-order valence-corrected chi connectivity index (χ4v) is 0. The molecule has 0 aromatic rings. The Morgan fingerprint density at radius 2 is 0.667 bits per heavy atom. The van der Waals surface area contributed by atoms with Crippen molar-refractivity contribution in [2.45, 2.75) is 0 Å². The van der Waals surface area contributed by atoms with E-state index in [1.165, 1.54) is 0 Å². The molecule has 42 valence electrons. The third-order valence-electron chi connectivity index (χ3n) is 0. The van der Waals surface area contributed by atoms with Gasteiger partial charge in [0.2, 0.25) is 0 Å². The van der Waals surface area contributed by atoms with Crippen LogP contribution in [0.1, 0.15) is 0 Å². The first-order chi connectivity index (χ1) is 2.24. The summed E-state index contributed by atoms with van der Waals surface area (Å²) in [4.78, 5) is 0. The molecule has 0 amide bonds. The molecule has 0 aliphatic rings. The molecule has 0 aromatic heterocycles. The van der Waals surface area contributed by atoms with Crippen molar-refractivity contribution in [3.8, 4) is 0 Å². The van der Waals surface area contributed by atoms with Crippen molar-refractivity contribution in [2.24, 2.45) is 0 Å². The molecule has 0 nitrogen and oxygen atoms in total. The van der Waals surface area contributed by atoms with Gasteiger partial charge in [0.05, 0.1) is 0 Å². The van der Waals surface area contributed by atoms with Crippen molar-refractivity contribution >= 4 is 55.9 Å². The quantitative estimate of drug-likeness (QED) is 0.584. The summed E-state index contributed by atoms with van der Waals surface area (Å²) in [5.41, 5.74) is 0. The van der Waals surface area contributed by atoms with Gasteiger partial charge in [0.25, 0.3) is 0 Å². The van der Waals surface area contributed by atoms with E-state index in [0.717, 1.165) is 0 Å². The van der Waals surface area contributed by atoms with Crippen LogP contribution in [-0.2, 0) is 0 Å². The van der Waals surface area contributed by atoms with Crippen LogP contribution in [0.2, 0.25) is 0 Å². The molecular formula is Cl5I. The zero-order valence-corrected chi connectivity index (χ0v) is 8.20. The molecule has 0 aliphatic heterocycles. The molecule has 0 bridgehead atoms. The van der Waals surface area contributed by atoms with E-state index in [9.17, 15) is 0 Å². The Hall–Kier alpha value is 2.18. The average Bonchev–Trinajstić information content (AvgIpc) is 0.650. The number of hydrogen-bond acceptors (Lipinski definition) is 0. The first-order valence-electron chi connectivity index (χ1n) is 0.714. The van der Waals surface area contributed by atoms with Gasteiger partial charge in [0.15, 0.2) is 0 Å². The standard InChI is InChI=1S/Cl5I/c1-6(2,3,4)5. The molecule has 0 radical (unpaired) electrons. The van der Waals surface area contributed by atoms with E-state index in [1.54, 1.807) is 0 Å². The molecule has 0 aliphatic carbocycles. The van der Waals surface area contributed by atoms with Gasteiger partial charge in [0, 0.05) is 0 Å². The van der Waals surface area contributed by atoms with Crippen molar-refractivity contribution in [2.75, 3.05) is 0 Å². The minimum absolute atomic E-state index is 4.18. The zero-order chi connectivity index (χ0) is 5.45. The van der Waals surface area contributed by atoms with Crippen LogP contribution in [0.5, 0.6) is 0 Å². The van der Waals surface area contributed by atoms with Gasteiger partial charge in [-0.1, -0.05) is 0 Å². The number of rotatable bonds is 0. The topological polar surface area (TPSA) is 0 Å². The second-order valence-corrected chi connectivity index (χ2v) is 32.6. The van der Waals surface area contributed by atoms with Crippen LogP contribution in [0.25, 0.3) is 0 Å². The van der Waals surface area contributed by atoms with Crippen molar-refractivity contribution in [3.63, 3.8) is 0 Å². The Balaban J connectivity index is 3.73. The third-order valence-corrected chi connectivity index (χ3v) is 0. The second kappa shape index (κ2) is 1.85. The van der Waals surface area contributed by atoms with E-state index in [4.69, 9.17) is 44.5 Å². The van der Waals surface area contributed by atoms with E-state index in [-0.39, 0.29) is 0 Å². The summed E-state index contributed by atoms with van der Waals surface area (Å²) in [6, 6.07) is 0. The SMILES string of the molecule is ClI(Cl)(Cl)(Cl)Cl. The van der Waals surface area contributed by atoms with Crippen LogP contribution in [0, 0.1) is 0 Å². The second-order valence-electron chi connectivity index (χ2n) is 0.540. The van der Waals surface area contributed by atoms with Crippen LogP contribution >= 0.6 is 55.9 Å². The van der Waals surface area contributed by atoms with E-state index in [0.29, 0.717) is 0 Å². The molecule has 0 aromatic carbocycles. The monoisotopic (exact) mass is 302 g/mol. The predicted octanol–water partition coefficient (Wildman–Crippen LogP) is 4.33. The molecule has 0 unspecified atom stereocenters. The van der Waals surface area contributed by atoms with E-state index < -0.39 is 11.4 Å². The average molecular weight is 304 g/mol. The fourth-order valence-electron chi connectivity index (χ4n) is 0. The van der Waals surface area contributed by atoms with Gasteiger partial charge in [-0.05, 0) is 0 Å². The molecule has 6 heteroatoms. The van der Waals surface area contributed by atoms with Crippen LogP contribution in [0.15, 0.2) is 0 Å². The zero-order valence-electron chi connectivity index (χ0n) is 2.27. The van der Waals surface area contributed by atoms with Gasteiger partial charge in [-0.25, -0.2) is 0 Å². The molecular weight excluding hydrogens is 304 g/mol. The van der Waals surface area contributed by atoms with Crippen molar-refractivity contribution in [1.82, 2.24) is 0 Å². The Morgan fingerprint density at radius 3 is 0.667 bits per heavy atom. The maximum atomic E-state index is 5.03. The number of halogens is 6. The van der Waals surface area contributed by atoms with Crippen LogP contribution in [0.4, 0.5) is 0 Å². The first-order valence-corrected chi connectivity index (χ1v) is 14.4. The minimum atomic E-state index is -4.18.